The van der Waals surface area contributed by atoms with Crippen molar-refractivity contribution >= 4 is 0 Å². The van der Waals surface area contributed by atoms with E-state index in [1.54, 1.807) is 14.2 Å². The molecule has 3 nitrogen and oxygen atoms in total. The highest BCUT2D eigenvalue weighted by atomic mass is 16.5. The highest BCUT2D eigenvalue weighted by Gasteiger charge is 2.13. The van der Waals surface area contributed by atoms with Crippen molar-refractivity contribution < 1.29 is 9.47 Å². The first-order valence-electron chi connectivity index (χ1n) is 3.53. The van der Waals surface area contributed by atoms with E-state index in [2.05, 4.69) is 0 Å². The van der Waals surface area contributed by atoms with Gasteiger partial charge in [-0.2, -0.15) is 0 Å². The molecule has 0 spiro atoms. The highest BCUT2D eigenvalue weighted by Crippen LogP contribution is 2.18. The van der Waals surface area contributed by atoms with E-state index in [4.69, 9.17) is 15.2 Å². The summed E-state index contributed by atoms with van der Waals surface area (Å²) in [5.74, 6) is 1.59. The minimum atomic E-state index is 0.0591. The standard InChI is InChI=1S/C8H13NO2/c1-10-7-4-3-6(9)5-8(7)11-2/h3-4,6H,5,9H2,1-2H3. The number of nitrogens with two attached hydrogens (primary N) is 1. The Kier molecular flexibility index (Phi) is 2.54. The van der Waals surface area contributed by atoms with Crippen LogP contribution in [0.15, 0.2) is 23.7 Å². The van der Waals surface area contributed by atoms with Crippen molar-refractivity contribution in [3.8, 4) is 0 Å². The second-order valence-electron chi connectivity index (χ2n) is 2.42. The van der Waals surface area contributed by atoms with Gasteiger partial charge >= 0.3 is 0 Å². The lowest BCUT2D eigenvalue weighted by atomic mass is 10.1. The Balaban J connectivity index is 2.76. The van der Waals surface area contributed by atoms with Crippen molar-refractivity contribution in [3.63, 3.8) is 0 Å². The van der Waals surface area contributed by atoms with Crippen LogP contribution in [0, 0.1) is 0 Å². The van der Waals surface area contributed by atoms with E-state index < -0.39 is 0 Å². The van der Waals surface area contributed by atoms with Gasteiger partial charge in [0.2, 0.25) is 0 Å². The highest BCUT2D eigenvalue weighted by molar-refractivity contribution is 5.23. The number of ether oxygens (including phenoxy) is 2. The second kappa shape index (κ2) is 3.44. The molecule has 0 aromatic carbocycles. The lowest BCUT2D eigenvalue weighted by Gasteiger charge is -2.17. The molecule has 0 aliphatic heterocycles. The maximum atomic E-state index is 5.66. The second-order valence-corrected chi connectivity index (χ2v) is 2.42. The van der Waals surface area contributed by atoms with E-state index in [-0.39, 0.29) is 6.04 Å². The Bertz CT molecular complexity index is 196. The summed E-state index contributed by atoms with van der Waals surface area (Å²) >= 11 is 0. The quantitative estimate of drug-likeness (QED) is 0.640. The smallest absolute Gasteiger partial charge is 0.156 e. The zero-order valence-corrected chi connectivity index (χ0v) is 6.83. The zero-order chi connectivity index (χ0) is 8.27. The van der Waals surface area contributed by atoms with Crippen LogP contribution >= 0.6 is 0 Å². The molecule has 0 saturated heterocycles. The molecule has 0 radical (unpaired) electrons. The van der Waals surface area contributed by atoms with Gasteiger partial charge in [-0.15, -0.1) is 0 Å². The minimum Gasteiger partial charge on any atom is -0.497 e. The van der Waals surface area contributed by atoms with E-state index in [1.165, 1.54) is 0 Å². The van der Waals surface area contributed by atoms with Gasteiger partial charge < -0.3 is 15.2 Å². The molecule has 1 aliphatic carbocycles. The number of rotatable bonds is 2. The predicted octanol–water partition coefficient (Wildman–Crippen LogP) is 0.778. The van der Waals surface area contributed by atoms with Crippen LogP contribution in [0.25, 0.3) is 0 Å². The lowest BCUT2D eigenvalue weighted by molar-refractivity contribution is 0.216. The van der Waals surface area contributed by atoms with Crippen molar-refractivity contribution in [2.45, 2.75) is 12.5 Å². The van der Waals surface area contributed by atoms with Gasteiger partial charge in [-0.25, -0.2) is 0 Å². The average Bonchev–Trinajstić information content (AvgIpc) is 2.04. The topological polar surface area (TPSA) is 44.5 Å². The molecule has 3 heteroatoms. The largest absolute Gasteiger partial charge is 0.497 e. The van der Waals surface area contributed by atoms with Crippen LogP contribution < -0.4 is 5.73 Å². The monoisotopic (exact) mass is 155 g/mol. The Morgan fingerprint density at radius 1 is 1.45 bits per heavy atom. The zero-order valence-electron chi connectivity index (χ0n) is 6.83. The molecule has 0 heterocycles. The first kappa shape index (κ1) is 8.14. The number of hydrogen-bond acceptors (Lipinski definition) is 3. The van der Waals surface area contributed by atoms with Gasteiger partial charge in [0, 0.05) is 12.5 Å². The van der Waals surface area contributed by atoms with Crippen molar-refractivity contribution in [2.24, 2.45) is 5.73 Å². The molecule has 0 saturated carbocycles. The molecule has 0 aromatic heterocycles. The van der Waals surface area contributed by atoms with Crippen molar-refractivity contribution in [1.29, 1.82) is 0 Å². The van der Waals surface area contributed by atoms with Crippen LogP contribution in [0.5, 0.6) is 0 Å². The van der Waals surface area contributed by atoms with E-state index in [0.29, 0.717) is 0 Å². The Labute approximate surface area is 66.5 Å². The maximum Gasteiger partial charge on any atom is 0.156 e. The molecule has 11 heavy (non-hydrogen) atoms. The average molecular weight is 155 g/mol. The Morgan fingerprint density at radius 3 is 2.73 bits per heavy atom. The lowest BCUT2D eigenvalue weighted by Crippen LogP contribution is -2.21. The minimum absolute atomic E-state index is 0.0591. The number of methoxy groups -OCH3 is 2. The third-order valence-electron chi connectivity index (χ3n) is 1.66. The van der Waals surface area contributed by atoms with Gasteiger partial charge in [0.25, 0.3) is 0 Å². The van der Waals surface area contributed by atoms with Gasteiger partial charge in [-0.05, 0) is 6.08 Å². The molecule has 2 N–H and O–H groups in total. The van der Waals surface area contributed by atoms with E-state index in [9.17, 15) is 0 Å². The third-order valence-corrected chi connectivity index (χ3v) is 1.66. The van der Waals surface area contributed by atoms with Crippen LogP contribution in [-0.2, 0) is 9.47 Å². The van der Waals surface area contributed by atoms with Crippen molar-refractivity contribution in [3.05, 3.63) is 23.7 Å². The molecule has 0 bridgehead atoms. The van der Waals surface area contributed by atoms with Crippen LogP contribution in [0.1, 0.15) is 6.42 Å². The molecule has 0 amide bonds. The van der Waals surface area contributed by atoms with Gasteiger partial charge in [0.1, 0.15) is 5.76 Å². The summed E-state index contributed by atoms with van der Waals surface area (Å²) in [6, 6.07) is 0.0591. The first-order chi connectivity index (χ1) is 5.27. The fourth-order valence-electron chi connectivity index (χ4n) is 1.05. The van der Waals surface area contributed by atoms with Gasteiger partial charge in [0.15, 0.2) is 5.76 Å². The summed E-state index contributed by atoms with van der Waals surface area (Å²) in [5, 5.41) is 0. The summed E-state index contributed by atoms with van der Waals surface area (Å²) in [4.78, 5) is 0. The van der Waals surface area contributed by atoms with E-state index >= 15 is 0 Å². The van der Waals surface area contributed by atoms with Crippen LogP contribution in [-0.4, -0.2) is 20.3 Å². The van der Waals surface area contributed by atoms with Gasteiger partial charge in [-0.3, -0.25) is 0 Å². The van der Waals surface area contributed by atoms with E-state index in [0.717, 1.165) is 17.9 Å². The fourth-order valence-corrected chi connectivity index (χ4v) is 1.05. The third kappa shape index (κ3) is 1.74. The van der Waals surface area contributed by atoms with Crippen molar-refractivity contribution in [1.82, 2.24) is 0 Å². The summed E-state index contributed by atoms with van der Waals surface area (Å²) in [6.07, 6.45) is 4.46. The summed E-state index contributed by atoms with van der Waals surface area (Å²) in [6.45, 7) is 0. The fraction of sp³-hybridized carbons (Fsp3) is 0.500. The molecule has 1 unspecified atom stereocenters. The van der Waals surface area contributed by atoms with Gasteiger partial charge in [-0.1, -0.05) is 6.08 Å². The Hall–Kier alpha value is -0.960. The van der Waals surface area contributed by atoms with Crippen molar-refractivity contribution in [2.75, 3.05) is 14.2 Å². The molecule has 1 rings (SSSR count). The summed E-state index contributed by atoms with van der Waals surface area (Å²) in [5.41, 5.74) is 5.66. The van der Waals surface area contributed by atoms with Crippen LogP contribution in [0.4, 0.5) is 0 Å². The van der Waals surface area contributed by atoms with E-state index in [1.807, 2.05) is 12.2 Å². The molecular formula is C8H13NO2. The maximum absolute atomic E-state index is 5.66. The normalized spacial score (nSPS) is 23.7. The molecular weight excluding hydrogens is 142 g/mol. The molecule has 62 valence electrons. The summed E-state index contributed by atoms with van der Waals surface area (Å²) in [7, 11) is 3.25. The SMILES string of the molecule is COC1=C(OC)CC(N)C=C1. The van der Waals surface area contributed by atoms with Gasteiger partial charge in [0.05, 0.1) is 14.2 Å². The molecule has 1 atom stereocenters. The molecule has 1 aliphatic rings. The number of hydrogen-bond donors (Lipinski definition) is 1. The predicted molar refractivity (Wildman–Crippen MR) is 42.8 cm³/mol. The molecule has 0 aromatic rings. The Morgan fingerprint density at radius 2 is 2.18 bits per heavy atom. The van der Waals surface area contributed by atoms with Crippen LogP contribution in [0.2, 0.25) is 0 Å². The first-order valence-corrected chi connectivity index (χ1v) is 3.53. The van der Waals surface area contributed by atoms with Crippen LogP contribution in [0.3, 0.4) is 0 Å². The number of allylic oxidation sites excluding steroid dienone is 1. The summed E-state index contributed by atoms with van der Waals surface area (Å²) < 4.78 is 10.1. The molecule has 0 fully saturated rings.